The van der Waals surface area contributed by atoms with E-state index in [0.29, 0.717) is 5.69 Å². The van der Waals surface area contributed by atoms with Gasteiger partial charge >= 0.3 is 0 Å². The number of hydrogen-bond donors (Lipinski definition) is 1. The van der Waals surface area contributed by atoms with Crippen LogP contribution in [0.5, 0.6) is 0 Å². The SMILES string of the molecule is CC(C)(C)c1ccccc1NS(=O)(=O)c1cccc([N+](=O)[O-])c1. The third-order valence-electron chi connectivity index (χ3n) is 3.32. The first-order valence-corrected chi connectivity index (χ1v) is 8.46. The lowest BCUT2D eigenvalue weighted by Crippen LogP contribution is -2.19. The van der Waals surface area contributed by atoms with Gasteiger partial charge in [0, 0.05) is 12.1 Å². The summed E-state index contributed by atoms with van der Waals surface area (Å²) < 4.78 is 27.6. The summed E-state index contributed by atoms with van der Waals surface area (Å²) in [6.07, 6.45) is 0. The molecule has 0 heterocycles. The highest BCUT2D eigenvalue weighted by Crippen LogP contribution is 2.31. The van der Waals surface area contributed by atoms with Crippen LogP contribution in [0.2, 0.25) is 0 Å². The fourth-order valence-corrected chi connectivity index (χ4v) is 3.31. The standard InChI is InChI=1S/C16H18N2O4S/c1-16(2,3)14-9-4-5-10-15(14)17-23(21,22)13-8-6-7-12(11-13)18(19)20/h4-11,17H,1-3H3. The highest BCUT2D eigenvalue weighted by Gasteiger charge is 2.22. The molecule has 0 bridgehead atoms. The number of sulfonamides is 1. The van der Waals surface area contributed by atoms with Gasteiger partial charge in [-0.25, -0.2) is 8.42 Å². The number of rotatable bonds is 4. The maximum Gasteiger partial charge on any atom is 0.270 e. The smallest absolute Gasteiger partial charge is 0.270 e. The summed E-state index contributed by atoms with van der Waals surface area (Å²) in [5, 5.41) is 10.8. The van der Waals surface area contributed by atoms with Crippen LogP contribution in [0.3, 0.4) is 0 Å². The molecule has 0 amide bonds. The second-order valence-corrected chi connectivity index (χ2v) is 7.84. The molecule has 7 heteroatoms. The van der Waals surface area contributed by atoms with Crippen LogP contribution < -0.4 is 4.72 Å². The van der Waals surface area contributed by atoms with Gasteiger partial charge in [-0.3, -0.25) is 14.8 Å². The number of anilines is 1. The molecular weight excluding hydrogens is 316 g/mol. The molecule has 0 spiro atoms. The number of hydrogen-bond acceptors (Lipinski definition) is 4. The van der Waals surface area contributed by atoms with Crippen molar-refractivity contribution in [1.82, 2.24) is 0 Å². The quantitative estimate of drug-likeness (QED) is 0.682. The van der Waals surface area contributed by atoms with E-state index in [1.165, 1.54) is 18.2 Å². The normalized spacial score (nSPS) is 12.0. The van der Waals surface area contributed by atoms with Crippen LogP contribution in [-0.4, -0.2) is 13.3 Å². The molecule has 0 atom stereocenters. The van der Waals surface area contributed by atoms with Crippen LogP contribution in [0.1, 0.15) is 26.3 Å². The lowest BCUT2D eigenvalue weighted by atomic mass is 9.86. The number of nitrogens with zero attached hydrogens (tertiary/aromatic N) is 1. The summed E-state index contributed by atoms with van der Waals surface area (Å²) in [5.41, 5.74) is 0.791. The summed E-state index contributed by atoms with van der Waals surface area (Å²) in [4.78, 5) is 10.0. The summed E-state index contributed by atoms with van der Waals surface area (Å²) in [5.74, 6) is 0. The largest absolute Gasteiger partial charge is 0.279 e. The monoisotopic (exact) mass is 334 g/mol. The van der Waals surface area contributed by atoms with Crippen molar-refractivity contribution in [3.05, 3.63) is 64.2 Å². The molecule has 0 radical (unpaired) electrons. The van der Waals surface area contributed by atoms with E-state index >= 15 is 0 Å². The molecule has 0 fully saturated rings. The molecule has 6 nitrogen and oxygen atoms in total. The second-order valence-electron chi connectivity index (χ2n) is 6.16. The first-order valence-electron chi connectivity index (χ1n) is 6.98. The third kappa shape index (κ3) is 3.87. The van der Waals surface area contributed by atoms with E-state index in [-0.39, 0.29) is 16.0 Å². The molecule has 1 N–H and O–H groups in total. The zero-order valence-electron chi connectivity index (χ0n) is 13.1. The first-order chi connectivity index (χ1) is 10.6. The summed E-state index contributed by atoms with van der Waals surface area (Å²) in [7, 11) is -3.91. The van der Waals surface area contributed by atoms with E-state index in [9.17, 15) is 18.5 Å². The van der Waals surface area contributed by atoms with E-state index in [1.807, 2.05) is 32.9 Å². The van der Waals surface area contributed by atoms with Crippen molar-refractivity contribution in [3.63, 3.8) is 0 Å². The van der Waals surface area contributed by atoms with E-state index < -0.39 is 14.9 Å². The number of non-ortho nitro benzene ring substituents is 1. The Bertz CT molecular complexity index is 839. The van der Waals surface area contributed by atoms with Gasteiger partial charge < -0.3 is 0 Å². The van der Waals surface area contributed by atoms with E-state index in [4.69, 9.17) is 0 Å². The minimum Gasteiger partial charge on any atom is -0.279 e. The van der Waals surface area contributed by atoms with Gasteiger partial charge in [-0.15, -0.1) is 0 Å². The summed E-state index contributed by atoms with van der Waals surface area (Å²) >= 11 is 0. The molecule has 0 saturated carbocycles. The number of para-hydroxylation sites is 1. The fraction of sp³-hybridized carbons (Fsp3) is 0.250. The molecule has 0 saturated heterocycles. The molecule has 122 valence electrons. The molecular formula is C16H18N2O4S. The van der Waals surface area contributed by atoms with Crippen molar-refractivity contribution in [2.24, 2.45) is 0 Å². The van der Waals surface area contributed by atoms with Crippen molar-refractivity contribution in [3.8, 4) is 0 Å². The van der Waals surface area contributed by atoms with Crippen molar-refractivity contribution in [2.75, 3.05) is 4.72 Å². The molecule has 0 aliphatic rings. The number of nitrogens with one attached hydrogen (secondary N) is 1. The molecule has 2 rings (SSSR count). The van der Waals surface area contributed by atoms with Gasteiger partial charge in [0.15, 0.2) is 0 Å². The number of nitro benzene ring substituents is 1. The fourth-order valence-electron chi connectivity index (χ4n) is 2.19. The molecule has 0 aromatic heterocycles. The highest BCUT2D eigenvalue weighted by molar-refractivity contribution is 7.92. The van der Waals surface area contributed by atoms with Crippen molar-refractivity contribution in [1.29, 1.82) is 0 Å². The van der Waals surface area contributed by atoms with Crippen LogP contribution in [0, 0.1) is 10.1 Å². The van der Waals surface area contributed by atoms with Gasteiger partial charge in [0.05, 0.1) is 15.5 Å². The van der Waals surface area contributed by atoms with Crippen LogP contribution in [-0.2, 0) is 15.4 Å². The molecule has 23 heavy (non-hydrogen) atoms. The zero-order chi connectivity index (χ0) is 17.3. The molecule has 0 aliphatic heterocycles. The lowest BCUT2D eigenvalue weighted by Gasteiger charge is -2.23. The van der Waals surface area contributed by atoms with Crippen LogP contribution in [0.25, 0.3) is 0 Å². The zero-order valence-corrected chi connectivity index (χ0v) is 13.9. The van der Waals surface area contributed by atoms with E-state index in [1.54, 1.807) is 12.1 Å². The van der Waals surface area contributed by atoms with Gasteiger partial charge in [-0.05, 0) is 23.1 Å². The Morgan fingerprint density at radius 2 is 1.70 bits per heavy atom. The van der Waals surface area contributed by atoms with Crippen molar-refractivity contribution < 1.29 is 13.3 Å². The van der Waals surface area contributed by atoms with Crippen molar-refractivity contribution in [2.45, 2.75) is 31.1 Å². The van der Waals surface area contributed by atoms with E-state index in [0.717, 1.165) is 11.6 Å². The molecule has 2 aromatic rings. The highest BCUT2D eigenvalue weighted by atomic mass is 32.2. The Morgan fingerprint density at radius 1 is 1.04 bits per heavy atom. The minimum absolute atomic E-state index is 0.143. The van der Waals surface area contributed by atoms with E-state index in [2.05, 4.69) is 4.72 Å². The predicted octanol–water partition coefficient (Wildman–Crippen LogP) is 3.69. The maximum atomic E-state index is 12.5. The average molecular weight is 334 g/mol. The molecule has 2 aromatic carbocycles. The Kier molecular flexibility index (Phi) is 4.42. The number of benzene rings is 2. The molecule has 0 aliphatic carbocycles. The lowest BCUT2D eigenvalue weighted by molar-refractivity contribution is -0.385. The predicted molar refractivity (Wildman–Crippen MR) is 89.0 cm³/mol. The molecule has 0 unspecified atom stereocenters. The Balaban J connectivity index is 2.44. The van der Waals surface area contributed by atoms with Crippen molar-refractivity contribution >= 4 is 21.4 Å². The minimum atomic E-state index is -3.91. The summed E-state index contributed by atoms with van der Waals surface area (Å²) in [6.45, 7) is 5.94. The Labute approximate surface area is 135 Å². The van der Waals surface area contributed by atoms with Gasteiger partial charge in [0.1, 0.15) is 0 Å². The maximum absolute atomic E-state index is 12.5. The van der Waals surface area contributed by atoms with Gasteiger partial charge in [-0.1, -0.05) is 45.0 Å². The number of nitro groups is 1. The Hall–Kier alpha value is -2.41. The third-order valence-corrected chi connectivity index (χ3v) is 4.68. The van der Waals surface area contributed by atoms with Crippen LogP contribution >= 0.6 is 0 Å². The second kappa shape index (κ2) is 6.00. The summed E-state index contributed by atoms with van der Waals surface area (Å²) in [6, 6.07) is 12.1. The average Bonchev–Trinajstić information content (AvgIpc) is 2.46. The Morgan fingerprint density at radius 3 is 2.30 bits per heavy atom. The van der Waals surface area contributed by atoms with Gasteiger partial charge in [0.25, 0.3) is 15.7 Å². The first kappa shape index (κ1) is 17.0. The van der Waals surface area contributed by atoms with Crippen LogP contribution in [0.4, 0.5) is 11.4 Å². The topological polar surface area (TPSA) is 89.3 Å². The van der Waals surface area contributed by atoms with Crippen LogP contribution in [0.15, 0.2) is 53.4 Å². The van der Waals surface area contributed by atoms with Gasteiger partial charge in [0.2, 0.25) is 0 Å². The van der Waals surface area contributed by atoms with Gasteiger partial charge in [-0.2, -0.15) is 0 Å².